The Balaban J connectivity index is 2.13. The number of methoxy groups -OCH3 is 2. The highest BCUT2D eigenvalue weighted by Gasteiger charge is 2.35. The maximum atomic E-state index is 11.5. The minimum atomic E-state index is -0.227. The number of hydrogen-bond donors (Lipinski definition) is 0. The SMILES string of the molecule is COC(=O)C/C=C/[C@H](C)[C@@H](OCc1cccc(Br)c1)[C@@H](C)[C@H](OC)C1CCCCC1. The normalized spacial score (nSPS) is 19.4. The molecule has 2 rings (SSSR count). The fourth-order valence-corrected chi connectivity index (χ4v) is 5.11. The average Bonchev–Trinajstić information content (AvgIpc) is 2.75. The molecule has 1 aliphatic rings. The molecule has 1 aliphatic carbocycles. The van der Waals surface area contributed by atoms with Gasteiger partial charge in [-0.1, -0.05) is 73.3 Å². The molecule has 0 bridgehead atoms. The van der Waals surface area contributed by atoms with Crippen molar-refractivity contribution in [2.75, 3.05) is 14.2 Å². The minimum absolute atomic E-state index is 0.00949. The number of rotatable bonds is 11. The van der Waals surface area contributed by atoms with Crippen molar-refractivity contribution in [3.8, 4) is 0 Å². The largest absolute Gasteiger partial charge is 0.469 e. The van der Waals surface area contributed by atoms with E-state index in [9.17, 15) is 4.79 Å². The zero-order valence-electron chi connectivity index (χ0n) is 18.8. The fourth-order valence-electron chi connectivity index (χ4n) is 4.66. The Bertz CT molecular complexity index is 669. The molecule has 4 nitrogen and oxygen atoms in total. The Hall–Kier alpha value is -1.17. The topological polar surface area (TPSA) is 44.8 Å². The van der Waals surface area contributed by atoms with Gasteiger partial charge in [0.1, 0.15) is 0 Å². The first-order chi connectivity index (χ1) is 14.5. The van der Waals surface area contributed by atoms with E-state index in [1.807, 2.05) is 25.3 Å². The molecule has 0 spiro atoms. The van der Waals surface area contributed by atoms with Crippen molar-refractivity contribution < 1.29 is 19.0 Å². The molecule has 0 N–H and O–H groups in total. The van der Waals surface area contributed by atoms with Crippen LogP contribution in [0.25, 0.3) is 0 Å². The summed E-state index contributed by atoms with van der Waals surface area (Å²) >= 11 is 3.54. The monoisotopic (exact) mass is 480 g/mol. The van der Waals surface area contributed by atoms with E-state index in [4.69, 9.17) is 14.2 Å². The first kappa shape index (κ1) is 25.1. The highest BCUT2D eigenvalue weighted by Crippen LogP contribution is 2.35. The maximum Gasteiger partial charge on any atom is 0.309 e. The number of carbonyl (C=O) groups excluding carboxylic acids is 1. The molecule has 0 saturated heterocycles. The first-order valence-corrected chi connectivity index (χ1v) is 11.9. The predicted molar refractivity (Wildman–Crippen MR) is 124 cm³/mol. The van der Waals surface area contributed by atoms with Crippen LogP contribution in [-0.2, 0) is 25.6 Å². The van der Waals surface area contributed by atoms with Crippen LogP contribution in [0.5, 0.6) is 0 Å². The van der Waals surface area contributed by atoms with Crippen LogP contribution in [0.4, 0.5) is 0 Å². The van der Waals surface area contributed by atoms with Gasteiger partial charge in [-0.3, -0.25) is 4.79 Å². The summed E-state index contributed by atoms with van der Waals surface area (Å²) in [6.45, 7) is 4.95. The molecule has 0 heterocycles. The third-order valence-corrected chi connectivity index (χ3v) is 6.72. The van der Waals surface area contributed by atoms with E-state index < -0.39 is 0 Å². The Morgan fingerprint density at radius 1 is 1.20 bits per heavy atom. The second-order valence-corrected chi connectivity index (χ2v) is 9.35. The van der Waals surface area contributed by atoms with Gasteiger partial charge in [0.05, 0.1) is 32.3 Å². The molecule has 0 unspecified atom stereocenters. The summed E-state index contributed by atoms with van der Waals surface area (Å²) in [5.41, 5.74) is 1.14. The number of ether oxygens (including phenoxy) is 3. The molecule has 0 radical (unpaired) electrons. The van der Waals surface area contributed by atoms with Crippen molar-refractivity contribution in [1.82, 2.24) is 0 Å². The minimum Gasteiger partial charge on any atom is -0.469 e. The third kappa shape index (κ3) is 7.82. The number of hydrogen-bond acceptors (Lipinski definition) is 4. The van der Waals surface area contributed by atoms with Gasteiger partial charge in [-0.05, 0) is 36.5 Å². The van der Waals surface area contributed by atoms with Crippen molar-refractivity contribution in [2.45, 2.75) is 71.2 Å². The van der Waals surface area contributed by atoms with Gasteiger partial charge in [0.2, 0.25) is 0 Å². The molecule has 0 amide bonds. The summed E-state index contributed by atoms with van der Waals surface area (Å²) in [4.78, 5) is 11.5. The lowest BCUT2D eigenvalue weighted by molar-refractivity contribution is -0.139. The summed E-state index contributed by atoms with van der Waals surface area (Å²) in [6.07, 6.45) is 10.8. The Morgan fingerprint density at radius 2 is 1.93 bits per heavy atom. The van der Waals surface area contributed by atoms with Gasteiger partial charge in [-0.25, -0.2) is 0 Å². The second-order valence-electron chi connectivity index (χ2n) is 8.43. The molecule has 1 fully saturated rings. The zero-order chi connectivity index (χ0) is 21.9. The Kier molecular flexibility index (Phi) is 11.1. The molecule has 30 heavy (non-hydrogen) atoms. The lowest BCUT2D eigenvalue weighted by Crippen LogP contribution is -2.41. The number of esters is 1. The van der Waals surface area contributed by atoms with E-state index in [0.29, 0.717) is 12.5 Å². The highest BCUT2D eigenvalue weighted by atomic mass is 79.9. The summed E-state index contributed by atoms with van der Waals surface area (Å²) in [7, 11) is 3.25. The van der Waals surface area contributed by atoms with Gasteiger partial charge in [0.25, 0.3) is 0 Å². The lowest BCUT2D eigenvalue weighted by Gasteiger charge is -2.38. The molecule has 168 valence electrons. The molecule has 5 heteroatoms. The van der Waals surface area contributed by atoms with E-state index >= 15 is 0 Å². The molecular formula is C25H37BrO4. The third-order valence-electron chi connectivity index (χ3n) is 6.22. The number of benzene rings is 1. The summed E-state index contributed by atoms with van der Waals surface area (Å²) < 4.78 is 18.3. The zero-order valence-corrected chi connectivity index (χ0v) is 20.4. The van der Waals surface area contributed by atoms with Gasteiger partial charge in [-0.2, -0.15) is 0 Å². The van der Waals surface area contributed by atoms with E-state index in [-0.39, 0.29) is 36.4 Å². The fraction of sp³-hybridized carbons (Fsp3) is 0.640. The molecule has 0 aliphatic heterocycles. The molecular weight excluding hydrogens is 444 g/mol. The van der Waals surface area contributed by atoms with Gasteiger partial charge in [0.15, 0.2) is 0 Å². The highest BCUT2D eigenvalue weighted by molar-refractivity contribution is 9.10. The van der Waals surface area contributed by atoms with Crippen LogP contribution in [0.15, 0.2) is 40.9 Å². The van der Waals surface area contributed by atoms with Gasteiger partial charge in [0, 0.05) is 23.4 Å². The second kappa shape index (κ2) is 13.3. The van der Waals surface area contributed by atoms with Gasteiger partial charge >= 0.3 is 5.97 Å². The van der Waals surface area contributed by atoms with Crippen molar-refractivity contribution in [3.05, 3.63) is 46.5 Å². The Labute approximate surface area is 190 Å². The van der Waals surface area contributed by atoms with Crippen LogP contribution < -0.4 is 0 Å². The predicted octanol–water partition coefficient (Wildman–Crippen LogP) is 6.32. The van der Waals surface area contributed by atoms with Crippen molar-refractivity contribution in [2.24, 2.45) is 17.8 Å². The number of halogens is 1. The maximum absolute atomic E-state index is 11.5. The summed E-state index contributed by atoms with van der Waals surface area (Å²) in [5.74, 6) is 0.748. The number of carbonyl (C=O) groups is 1. The van der Waals surface area contributed by atoms with Crippen molar-refractivity contribution >= 4 is 21.9 Å². The van der Waals surface area contributed by atoms with E-state index in [1.165, 1.54) is 39.2 Å². The van der Waals surface area contributed by atoms with Crippen LogP contribution in [0.1, 0.15) is 57.9 Å². The van der Waals surface area contributed by atoms with E-state index in [1.54, 1.807) is 0 Å². The standard InChI is InChI=1S/C25H37BrO4/c1-18(10-8-15-23(27)28-3)24(30-17-20-11-9-14-22(26)16-20)19(2)25(29-4)21-12-6-5-7-13-21/h8-11,14,16,18-19,21,24-25H,5-7,12-13,15,17H2,1-4H3/b10-8+/t18-,19+,24+,25-/m0/s1. The van der Waals surface area contributed by atoms with Crippen molar-refractivity contribution in [1.29, 1.82) is 0 Å². The van der Waals surface area contributed by atoms with Crippen LogP contribution in [0, 0.1) is 17.8 Å². The van der Waals surface area contributed by atoms with Crippen LogP contribution in [-0.4, -0.2) is 32.4 Å². The smallest absolute Gasteiger partial charge is 0.309 e. The summed E-state index contributed by atoms with van der Waals surface area (Å²) in [5, 5.41) is 0. The average molecular weight is 481 g/mol. The van der Waals surface area contributed by atoms with Gasteiger partial charge in [-0.15, -0.1) is 0 Å². The molecule has 0 aromatic heterocycles. The Morgan fingerprint density at radius 3 is 2.57 bits per heavy atom. The molecule has 4 atom stereocenters. The van der Waals surface area contributed by atoms with E-state index in [0.717, 1.165) is 10.0 Å². The molecule has 1 saturated carbocycles. The van der Waals surface area contributed by atoms with Crippen LogP contribution in [0.2, 0.25) is 0 Å². The molecule has 1 aromatic carbocycles. The first-order valence-electron chi connectivity index (χ1n) is 11.1. The van der Waals surface area contributed by atoms with Crippen LogP contribution in [0.3, 0.4) is 0 Å². The van der Waals surface area contributed by atoms with Crippen molar-refractivity contribution in [3.63, 3.8) is 0 Å². The van der Waals surface area contributed by atoms with E-state index in [2.05, 4.69) is 48.0 Å². The quantitative estimate of drug-likeness (QED) is 0.274. The summed E-state index contributed by atoms with van der Waals surface area (Å²) in [6, 6.07) is 8.22. The molecule has 1 aromatic rings. The van der Waals surface area contributed by atoms with Gasteiger partial charge < -0.3 is 14.2 Å². The van der Waals surface area contributed by atoms with Crippen LogP contribution >= 0.6 is 15.9 Å². The lowest BCUT2D eigenvalue weighted by atomic mass is 9.77.